The third kappa shape index (κ3) is 2.11. The first-order valence-electron chi connectivity index (χ1n) is 4.64. The van der Waals surface area contributed by atoms with Crippen molar-refractivity contribution >= 4 is 28.6 Å². The van der Waals surface area contributed by atoms with Crippen molar-refractivity contribution in [3.63, 3.8) is 0 Å². The van der Waals surface area contributed by atoms with Crippen LogP contribution in [0.4, 0.5) is 0 Å². The second-order valence-electron chi connectivity index (χ2n) is 3.42. The molecule has 0 aliphatic rings. The van der Waals surface area contributed by atoms with Crippen molar-refractivity contribution in [3.05, 3.63) is 39.5 Å². The van der Waals surface area contributed by atoms with Gasteiger partial charge in [0.25, 0.3) is 0 Å². The number of carboxylic acids is 1. The highest BCUT2D eigenvalue weighted by Gasteiger charge is 2.12. The smallest absolute Gasteiger partial charge is 0.352 e. The van der Waals surface area contributed by atoms with Crippen LogP contribution < -0.4 is 0 Å². The molecule has 84 valence electrons. The second-order valence-corrected chi connectivity index (χ2v) is 4.67. The topological polar surface area (TPSA) is 60.0 Å². The minimum absolute atomic E-state index is 0.297. The maximum Gasteiger partial charge on any atom is 0.352 e. The fourth-order valence-electron chi connectivity index (χ4n) is 1.52. The van der Waals surface area contributed by atoms with E-state index < -0.39 is 5.97 Å². The minimum Gasteiger partial charge on any atom is -0.477 e. The first-order chi connectivity index (χ1) is 7.58. The van der Waals surface area contributed by atoms with Crippen molar-refractivity contribution < 1.29 is 9.90 Å². The van der Waals surface area contributed by atoms with Gasteiger partial charge in [0.1, 0.15) is 5.69 Å². The van der Waals surface area contributed by atoms with Crippen LogP contribution in [-0.2, 0) is 13.6 Å². The molecule has 2 rings (SSSR count). The standard InChI is InChI=1S/C10H10IN3O2/c1-13-8(2-3-12-13)6-14-5-7(11)4-9(14)10(15)16/h2-5H,6H2,1H3,(H,15,16). The number of halogens is 1. The van der Waals surface area contributed by atoms with Crippen molar-refractivity contribution in [2.45, 2.75) is 6.54 Å². The van der Waals surface area contributed by atoms with E-state index in [4.69, 9.17) is 5.11 Å². The van der Waals surface area contributed by atoms with Crippen LogP contribution in [0.1, 0.15) is 16.2 Å². The van der Waals surface area contributed by atoms with Crippen LogP contribution in [0.5, 0.6) is 0 Å². The zero-order valence-corrected chi connectivity index (χ0v) is 10.7. The van der Waals surface area contributed by atoms with Gasteiger partial charge in [-0.25, -0.2) is 4.79 Å². The van der Waals surface area contributed by atoms with E-state index in [-0.39, 0.29) is 0 Å². The summed E-state index contributed by atoms with van der Waals surface area (Å²) in [4.78, 5) is 11.0. The predicted molar refractivity (Wildman–Crippen MR) is 66.4 cm³/mol. The molecule has 0 bridgehead atoms. The third-order valence-corrected chi connectivity index (χ3v) is 2.93. The van der Waals surface area contributed by atoms with Gasteiger partial charge in [-0.05, 0) is 34.7 Å². The first kappa shape index (κ1) is 11.2. The molecule has 6 heteroatoms. The Kier molecular flexibility index (Phi) is 2.99. The highest BCUT2D eigenvalue weighted by Crippen LogP contribution is 2.13. The van der Waals surface area contributed by atoms with Gasteiger partial charge in [0.15, 0.2) is 0 Å². The van der Waals surface area contributed by atoms with Crippen molar-refractivity contribution in [1.29, 1.82) is 0 Å². The average Bonchev–Trinajstić information content (AvgIpc) is 2.75. The SMILES string of the molecule is Cn1nccc1Cn1cc(I)cc1C(=O)O. The quantitative estimate of drug-likeness (QED) is 0.869. The van der Waals surface area contributed by atoms with E-state index >= 15 is 0 Å². The van der Waals surface area contributed by atoms with E-state index in [0.717, 1.165) is 9.26 Å². The zero-order valence-electron chi connectivity index (χ0n) is 8.59. The van der Waals surface area contributed by atoms with Crippen LogP contribution in [-0.4, -0.2) is 25.4 Å². The molecule has 0 unspecified atom stereocenters. The van der Waals surface area contributed by atoms with Gasteiger partial charge in [0.2, 0.25) is 0 Å². The Bertz CT molecular complexity index is 530. The summed E-state index contributed by atoms with van der Waals surface area (Å²) in [6.45, 7) is 0.515. The highest BCUT2D eigenvalue weighted by molar-refractivity contribution is 14.1. The molecule has 16 heavy (non-hydrogen) atoms. The summed E-state index contributed by atoms with van der Waals surface area (Å²) in [5, 5.41) is 13.1. The molecule has 0 saturated heterocycles. The van der Waals surface area contributed by atoms with Crippen molar-refractivity contribution in [1.82, 2.24) is 14.3 Å². The molecule has 2 aromatic heterocycles. The van der Waals surface area contributed by atoms with Crippen LogP contribution in [0, 0.1) is 3.57 Å². The number of aryl methyl sites for hydroxylation is 1. The summed E-state index contributed by atoms with van der Waals surface area (Å²) >= 11 is 2.10. The first-order valence-corrected chi connectivity index (χ1v) is 5.71. The van der Waals surface area contributed by atoms with E-state index in [1.165, 1.54) is 0 Å². The highest BCUT2D eigenvalue weighted by atomic mass is 127. The summed E-state index contributed by atoms with van der Waals surface area (Å²) in [5.74, 6) is -0.912. The molecule has 0 fully saturated rings. The van der Waals surface area contributed by atoms with Crippen molar-refractivity contribution in [3.8, 4) is 0 Å². The summed E-state index contributed by atoms with van der Waals surface area (Å²) in [6.07, 6.45) is 3.52. The van der Waals surface area contributed by atoms with Gasteiger partial charge < -0.3 is 9.67 Å². The Labute approximate surface area is 106 Å². The number of hydrogen-bond donors (Lipinski definition) is 1. The van der Waals surface area contributed by atoms with Gasteiger partial charge in [0.05, 0.1) is 12.2 Å². The monoisotopic (exact) mass is 331 g/mol. The average molecular weight is 331 g/mol. The molecule has 0 amide bonds. The predicted octanol–water partition coefficient (Wildman–Crippen LogP) is 1.57. The van der Waals surface area contributed by atoms with Gasteiger partial charge >= 0.3 is 5.97 Å². The number of carboxylic acid groups (broad SMARTS) is 1. The normalized spacial score (nSPS) is 10.6. The molecule has 2 aromatic rings. The Morgan fingerprint density at radius 3 is 2.94 bits per heavy atom. The lowest BCUT2D eigenvalue weighted by Crippen LogP contribution is -2.10. The number of hydrogen-bond acceptors (Lipinski definition) is 2. The number of aromatic nitrogens is 3. The van der Waals surface area contributed by atoms with Crippen LogP contribution in [0.25, 0.3) is 0 Å². The fourth-order valence-corrected chi connectivity index (χ4v) is 2.15. The second kappa shape index (κ2) is 4.28. The Hall–Kier alpha value is -1.31. The Balaban J connectivity index is 2.34. The molecular weight excluding hydrogens is 321 g/mol. The number of aromatic carboxylic acids is 1. The molecule has 0 aromatic carbocycles. The number of carbonyl (C=O) groups is 1. The molecule has 0 radical (unpaired) electrons. The van der Waals surface area contributed by atoms with E-state index in [1.54, 1.807) is 21.5 Å². The summed E-state index contributed by atoms with van der Waals surface area (Å²) in [7, 11) is 1.84. The van der Waals surface area contributed by atoms with Gasteiger partial charge in [-0.2, -0.15) is 5.10 Å². The van der Waals surface area contributed by atoms with E-state index in [9.17, 15) is 4.79 Å². The van der Waals surface area contributed by atoms with Crippen LogP contribution in [0.2, 0.25) is 0 Å². The van der Waals surface area contributed by atoms with Gasteiger partial charge in [-0.3, -0.25) is 4.68 Å². The molecule has 0 aliphatic carbocycles. The number of nitrogens with zero attached hydrogens (tertiary/aromatic N) is 3. The van der Waals surface area contributed by atoms with Crippen molar-refractivity contribution in [2.24, 2.45) is 7.05 Å². The lowest BCUT2D eigenvalue weighted by atomic mass is 10.4. The molecule has 0 aliphatic heterocycles. The molecule has 5 nitrogen and oxygen atoms in total. The van der Waals surface area contributed by atoms with E-state index in [2.05, 4.69) is 27.7 Å². The van der Waals surface area contributed by atoms with Crippen LogP contribution in [0.15, 0.2) is 24.5 Å². The fraction of sp³-hybridized carbons (Fsp3) is 0.200. The van der Waals surface area contributed by atoms with Crippen LogP contribution >= 0.6 is 22.6 Å². The molecule has 0 atom stereocenters. The zero-order chi connectivity index (χ0) is 11.7. The summed E-state index contributed by atoms with van der Waals surface area (Å²) < 4.78 is 4.36. The van der Waals surface area contributed by atoms with Crippen LogP contribution in [0.3, 0.4) is 0 Å². The summed E-state index contributed by atoms with van der Waals surface area (Å²) in [6, 6.07) is 3.53. The molecule has 0 saturated carbocycles. The maximum absolute atomic E-state index is 11.0. The lowest BCUT2D eigenvalue weighted by molar-refractivity contribution is 0.0685. The third-order valence-electron chi connectivity index (χ3n) is 2.34. The maximum atomic E-state index is 11.0. The van der Waals surface area contributed by atoms with Crippen molar-refractivity contribution in [2.75, 3.05) is 0 Å². The molecular formula is C10H10IN3O2. The van der Waals surface area contributed by atoms with Gasteiger partial charge in [0, 0.05) is 23.0 Å². The lowest BCUT2D eigenvalue weighted by Gasteiger charge is -2.06. The largest absolute Gasteiger partial charge is 0.477 e. The summed E-state index contributed by atoms with van der Waals surface area (Å²) in [5.41, 5.74) is 1.26. The molecule has 0 spiro atoms. The molecule has 1 N–H and O–H groups in total. The molecule has 2 heterocycles. The Morgan fingerprint density at radius 2 is 2.38 bits per heavy atom. The van der Waals surface area contributed by atoms with Gasteiger partial charge in [-0.1, -0.05) is 0 Å². The number of rotatable bonds is 3. The Morgan fingerprint density at radius 1 is 1.62 bits per heavy atom. The minimum atomic E-state index is -0.912. The van der Waals surface area contributed by atoms with E-state index in [0.29, 0.717) is 12.2 Å². The van der Waals surface area contributed by atoms with Gasteiger partial charge in [-0.15, -0.1) is 0 Å². The van der Waals surface area contributed by atoms with E-state index in [1.807, 2.05) is 19.3 Å².